The van der Waals surface area contributed by atoms with E-state index in [0.717, 1.165) is 16.7 Å². The molecule has 0 aliphatic carbocycles. The summed E-state index contributed by atoms with van der Waals surface area (Å²) in [5.41, 5.74) is 7.61. The van der Waals surface area contributed by atoms with Crippen LogP contribution in [0.5, 0.6) is 0 Å². The summed E-state index contributed by atoms with van der Waals surface area (Å²) in [5, 5.41) is 2.79. The van der Waals surface area contributed by atoms with Gasteiger partial charge in [0.25, 0.3) is 0 Å². The SMILES string of the molecule is NC(=O)CCC(=O)NCc1ccc(-c2ccc(F)c(Cl)c2)cc1. The molecule has 0 heterocycles. The van der Waals surface area contributed by atoms with Crippen molar-refractivity contribution in [3.63, 3.8) is 0 Å². The zero-order valence-electron chi connectivity index (χ0n) is 12.3. The number of hydrogen-bond donors (Lipinski definition) is 2. The van der Waals surface area contributed by atoms with E-state index in [1.54, 1.807) is 12.1 Å². The van der Waals surface area contributed by atoms with Crippen LogP contribution in [0.2, 0.25) is 5.02 Å². The fourth-order valence-corrected chi connectivity index (χ4v) is 2.20. The average Bonchev–Trinajstić information content (AvgIpc) is 2.54. The standard InChI is InChI=1S/C17H16ClFN2O2/c18-14-9-13(5-6-15(14)19)12-3-1-11(2-4-12)10-21-17(23)8-7-16(20)22/h1-6,9H,7-8,10H2,(H2,20,22)(H,21,23). The lowest BCUT2D eigenvalue weighted by atomic mass is 10.0. The van der Waals surface area contributed by atoms with Crippen LogP contribution in [0.4, 0.5) is 4.39 Å². The number of rotatable bonds is 6. The van der Waals surface area contributed by atoms with Crippen LogP contribution in [-0.4, -0.2) is 11.8 Å². The molecule has 23 heavy (non-hydrogen) atoms. The molecule has 0 bridgehead atoms. The number of halogens is 2. The maximum absolute atomic E-state index is 13.2. The highest BCUT2D eigenvalue weighted by molar-refractivity contribution is 6.31. The minimum absolute atomic E-state index is 0.0378. The lowest BCUT2D eigenvalue weighted by Gasteiger charge is -2.07. The number of carbonyl (C=O) groups excluding carboxylic acids is 2. The molecular formula is C17H16ClFN2O2. The van der Waals surface area contributed by atoms with Crippen molar-refractivity contribution in [2.75, 3.05) is 0 Å². The van der Waals surface area contributed by atoms with E-state index in [9.17, 15) is 14.0 Å². The monoisotopic (exact) mass is 334 g/mol. The van der Waals surface area contributed by atoms with Crippen LogP contribution in [0, 0.1) is 5.82 Å². The lowest BCUT2D eigenvalue weighted by Crippen LogP contribution is -2.24. The fraction of sp³-hybridized carbons (Fsp3) is 0.176. The van der Waals surface area contributed by atoms with Gasteiger partial charge in [-0.15, -0.1) is 0 Å². The Morgan fingerprint density at radius 2 is 1.70 bits per heavy atom. The van der Waals surface area contributed by atoms with Gasteiger partial charge in [-0.1, -0.05) is 41.9 Å². The van der Waals surface area contributed by atoms with E-state index in [1.165, 1.54) is 6.07 Å². The molecule has 0 aliphatic rings. The van der Waals surface area contributed by atoms with Gasteiger partial charge >= 0.3 is 0 Å². The van der Waals surface area contributed by atoms with Gasteiger partial charge in [-0.3, -0.25) is 9.59 Å². The molecule has 0 aliphatic heterocycles. The highest BCUT2D eigenvalue weighted by atomic mass is 35.5. The molecule has 120 valence electrons. The Bertz CT molecular complexity index is 717. The third-order valence-corrected chi connectivity index (χ3v) is 3.58. The topological polar surface area (TPSA) is 72.2 Å². The van der Waals surface area contributed by atoms with Gasteiger partial charge < -0.3 is 11.1 Å². The predicted molar refractivity (Wildman–Crippen MR) is 87.1 cm³/mol. The number of hydrogen-bond acceptors (Lipinski definition) is 2. The van der Waals surface area contributed by atoms with E-state index in [1.807, 2.05) is 24.3 Å². The molecule has 0 fully saturated rings. The minimum atomic E-state index is -0.498. The van der Waals surface area contributed by atoms with E-state index < -0.39 is 11.7 Å². The Kier molecular flexibility index (Phi) is 5.71. The number of primary amides is 1. The molecule has 0 aromatic heterocycles. The first-order valence-electron chi connectivity index (χ1n) is 7.05. The van der Waals surface area contributed by atoms with E-state index in [4.69, 9.17) is 17.3 Å². The highest BCUT2D eigenvalue weighted by Crippen LogP contribution is 2.25. The van der Waals surface area contributed by atoms with Crippen LogP contribution in [-0.2, 0) is 16.1 Å². The highest BCUT2D eigenvalue weighted by Gasteiger charge is 2.05. The second-order valence-electron chi connectivity index (χ2n) is 5.07. The normalized spacial score (nSPS) is 10.3. The minimum Gasteiger partial charge on any atom is -0.370 e. The van der Waals surface area contributed by atoms with Gasteiger partial charge in [0, 0.05) is 19.4 Å². The summed E-state index contributed by atoms with van der Waals surface area (Å²) < 4.78 is 13.2. The van der Waals surface area contributed by atoms with Crippen molar-refractivity contribution in [3.8, 4) is 11.1 Å². The molecule has 2 aromatic rings. The van der Waals surface area contributed by atoms with Crippen molar-refractivity contribution in [2.45, 2.75) is 19.4 Å². The van der Waals surface area contributed by atoms with Crippen molar-refractivity contribution >= 4 is 23.4 Å². The number of nitrogens with one attached hydrogen (secondary N) is 1. The van der Waals surface area contributed by atoms with Gasteiger partial charge in [-0.2, -0.15) is 0 Å². The van der Waals surface area contributed by atoms with Gasteiger partial charge in [0.15, 0.2) is 0 Å². The summed E-state index contributed by atoms with van der Waals surface area (Å²) in [6.07, 6.45) is 0.123. The Balaban J connectivity index is 1.95. The van der Waals surface area contributed by atoms with Crippen molar-refractivity contribution in [2.24, 2.45) is 5.73 Å². The van der Waals surface area contributed by atoms with Crippen LogP contribution in [0.3, 0.4) is 0 Å². The predicted octanol–water partition coefficient (Wildman–Crippen LogP) is 3.03. The van der Waals surface area contributed by atoms with Gasteiger partial charge in [-0.05, 0) is 28.8 Å². The molecule has 6 heteroatoms. The Labute approximate surface area is 138 Å². The van der Waals surface area contributed by atoms with Crippen molar-refractivity contribution in [1.82, 2.24) is 5.32 Å². The molecule has 4 nitrogen and oxygen atoms in total. The number of carbonyl (C=O) groups is 2. The molecule has 0 atom stereocenters. The van der Waals surface area contributed by atoms with Gasteiger partial charge in [0.2, 0.25) is 11.8 Å². The van der Waals surface area contributed by atoms with E-state index in [0.29, 0.717) is 6.54 Å². The molecule has 0 radical (unpaired) electrons. The molecule has 0 saturated carbocycles. The van der Waals surface area contributed by atoms with Crippen LogP contribution in [0.1, 0.15) is 18.4 Å². The van der Waals surface area contributed by atoms with Crippen LogP contribution < -0.4 is 11.1 Å². The van der Waals surface area contributed by atoms with Crippen molar-refractivity contribution < 1.29 is 14.0 Å². The Morgan fingerprint density at radius 1 is 1.04 bits per heavy atom. The molecule has 3 N–H and O–H groups in total. The first-order chi connectivity index (χ1) is 11.0. The largest absolute Gasteiger partial charge is 0.370 e. The summed E-state index contributed by atoms with van der Waals surface area (Å²) in [7, 11) is 0. The second kappa shape index (κ2) is 7.74. The van der Waals surface area contributed by atoms with Gasteiger partial charge in [-0.25, -0.2) is 4.39 Å². The summed E-state index contributed by atoms with van der Waals surface area (Å²) in [4.78, 5) is 22.1. The first kappa shape index (κ1) is 17.0. The quantitative estimate of drug-likeness (QED) is 0.852. The maximum Gasteiger partial charge on any atom is 0.220 e. The van der Waals surface area contributed by atoms with Crippen LogP contribution >= 0.6 is 11.6 Å². The van der Waals surface area contributed by atoms with E-state index >= 15 is 0 Å². The molecule has 2 rings (SSSR count). The Morgan fingerprint density at radius 3 is 2.30 bits per heavy atom. The number of nitrogens with two attached hydrogens (primary N) is 1. The summed E-state index contributed by atoms with van der Waals surface area (Å²) in [5.74, 6) is -1.17. The van der Waals surface area contributed by atoms with E-state index in [-0.39, 0.29) is 23.8 Å². The summed E-state index contributed by atoms with van der Waals surface area (Å²) in [6, 6.07) is 12.0. The third kappa shape index (κ3) is 5.07. The van der Waals surface area contributed by atoms with E-state index in [2.05, 4.69) is 5.32 Å². The molecule has 2 amide bonds. The van der Waals surface area contributed by atoms with Gasteiger partial charge in [0.1, 0.15) is 5.82 Å². The van der Waals surface area contributed by atoms with Crippen molar-refractivity contribution in [1.29, 1.82) is 0 Å². The summed E-state index contributed by atoms with van der Waals surface area (Å²) >= 11 is 5.78. The Hall–Kier alpha value is -2.40. The average molecular weight is 335 g/mol. The molecule has 0 unspecified atom stereocenters. The van der Waals surface area contributed by atoms with Crippen LogP contribution in [0.25, 0.3) is 11.1 Å². The first-order valence-corrected chi connectivity index (χ1v) is 7.43. The van der Waals surface area contributed by atoms with Crippen molar-refractivity contribution in [3.05, 3.63) is 58.9 Å². The smallest absolute Gasteiger partial charge is 0.220 e. The molecule has 2 aromatic carbocycles. The molecular weight excluding hydrogens is 319 g/mol. The third-order valence-electron chi connectivity index (χ3n) is 3.30. The second-order valence-corrected chi connectivity index (χ2v) is 5.48. The lowest BCUT2D eigenvalue weighted by molar-refractivity contribution is -0.125. The fourth-order valence-electron chi connectivity index (χ4n) is 2.02. The van der Waals surface area contributed by atoms with Crippen LogP contribution in [0.15, 0.2) is 42.5 Å². The van der Waals surface area contributed by atoms with Gasteiger partial charge in [0.05, 0.1) is 5.02 Å². The number of benzene rings is 2. The number of amides is 2. The maximum atomic E-state index is 13.2. The zero-order valence-corrected chi connectivity index (χ0v) is 13.1. The zero-order chi connectivity index (χ0) is 16.8. The summed E-state index contributed by atoms with van der Waals surface area (Å²) in [6.45, 7) is 0.363. The molecule has 0 saturated heterocycles. The molecule has 0 spiro atoms.